The largest absolute Gasteiger partial charge is 0.481 e. The monoisotopic (exact) mass is 256 g/mol. The Kier molecular flexibility index (Phi) is 9.62. The quantitative estimate of drug-likeness (QED) is 0.448. The lowest BCUT2D eigenvalue weighted by Crippen LogP contribution is -2.24. The number of unbranched alkanes of at least 4 members (excludes halogenated alkanes) is 5. The van der Waals surface area contributed by atoms with Crippen molar-refractivity contribution in [2.75, 3.05) is 0 Å². The molecule has 0 aromatic heterocycles. The SMILES string of the molecule is CCCCCCCCC(C(=O)O)C(=O)CC(C)C. The lowest BCUT2D eigenvalue weighted by molar-refractivity contribution is -0.146. The van der Waals surface area contributed by atoms with E-state index in [1.807, 2.05) is 13.8 Å². The smallest absolute Gasteiger partial charge is 0.314 e. The molecule has 0 radical (unpaired) electrons. The van der Waals surface area contributed by atoms with Crippen molar-refractivity contribution in [2.45, 2.75) is 72.1 Å². The number of carbonyl (C=O) groups excluding carboxylic acids is 1. The minimum absolute atomic E-state index is 0.106. The van der Waals surface area contributed by atoms with Crippen LogP contribution in [0.5, 0.6) is 0 Å². The minimum atomic E-state index is -0.950. The number of carboxylic acids is 1. The third-order valence-electron chi connectivity index (χ3n) is 3.14. The summed E-state index contributed by atoms with van der Waals surface area (Å²) in [5, 5.41) is 9.08. The van der Waals surface area contributed by atoms with Crippen molar-refractivity contribution >= 4 is 11.8 Å². The van der Waals surface area contributed by atoms with Crippen LogP contribution in [-0.4, -0.2) is 16.9 Å². The van der Waals surface area contributed by atoms with Gasteiger partial charge in [-0.1, -0.05) is 59.3 Å². The summed E-state index contributed by atoms with van der Waals surface area (Å²) in [6, 6.07) is 0. The Morgan fingerprint density at radius 2 is 1.56 bits per heavy atom. The molecule has 0 fully saturated rings. The molecule has 1 N–H and O–H groups in total. The zero-order valence-electron chi connectivity index (χ0n) is 12.1. The van der Waals surface area contributed by atoms with Crippen LogP contribution in [0.4, 0.5) is 0 Å². The standard InChI is InChI=1S/C15H28O3/c1-4-5-6-7-8-9-10-13(15(17)18)14(16)11-12(2)3/h12-13H,4-11H2,1-3H3,(H,17,18). The van der Waals surface area contributed by atoms with Crippen LogP contribution < -0.4 is 0 Å². The van der Waals surface area contributed by atoms with Crippen molar-refractivity contribution in [1.82, 2.24) is 0 Å². The molecule has 0 bridgehead atoms. The van der Waals surface area contributed by atoms with Gasteiger partial charge in [0.15, 0.2) is 0 Å². The van der Waals surface area contributed by atoms with E-state index in [1.165, 1.54) is 19.3 Å². The normalized spacial score (nSPS) is 12.7. The molecule has 3 nitrogen and oxygen atoms in total. The fraction of sp³-hybridized carbons (Fsp3) is 0.867. The molecule has 0 spiro atoms. The number of rotatable bonds is 11. The van der Waals surface area contributed by atoms with E-state index in [9.17, 15) is 9.59 Å². The van der Waals surface area contributed by atoms with Gasteiger partial charge in [-0.15, -0.1) is 0 Å². The lowest BCUT2D eigenvalue weighted by Gasteiger charge is -2.12. The Morgan fingerprint density at radius 1 is 1.00 bits per heavy atom. The summed E-state index contributed by atoms with van der Waals surface area (Å²) in [7, 11) is 0. The van der Waals surface area contributed by atoms with E-state index >= 15 is 0 Å². The first-order valence-corrected chi connectivity index (χ1v) is 7.24. The highest BCUT2D eigenvalue weighted by molar-refractivity contribution is 5.98. The van der Waals surface area contributed by atoms with Crippen molar-refractivity contribution < 1.29 is 14.7 Å². The molecular weight excluding hydrogens is 228 g/mol. The number of Topliss-reactive ketones (excluding diaryl/α,β-unsaturated/α-hetero) is 1. The summed E-state index contributed by atoms with van der Waals surface area (Å²) in [6.45, 7) is 6.06. The molecule has 0 aliphatic carbocycles. The van der Waals surface area contributed by atoms with Crippen LogP contribution >= 0.6 is 0 Å². The number of carbonyl (C=O) groups is 2. The van der Waals surface area contributed by atoms with Gasteiger partial charge in [0, 0.05) is 6.42 Å². The minimum Gasteiger partial charge on any atom is -0.481 e. The number of carboxylic acid groups (broad SMARTS) is 1. The van der Waals surface area contributed by atoms with Crippen molar-refractivity contribution in [2.24, 2.45) is 11.8 Å². The predicted molar refractivity (Wildman–Crippen MR) is 73.6 cm³/mol. The molecule has 0 saturated carbocycles. The summed E-state index contributed by atoms with van der Waals surface area (Å²) < 4.78 is 0. The molecule has 0 saturated heterocycles. The highest BCUT2D eigenvalue weighted by atomic mass is 16.4. The Labute approximate surface area is 111 Å². The molecule has 0 amide bonds. The van der Waals surface area contributed by atoms with E-state index in [1.54, 1.807) is 0 Å². The summed E-state index contributed by atoms with van der Waals surface area (Å²) in [5.41, 5.74) is 0. The molecule has 0 aromatic carbocycles. The van der Waals surface area contributed by atoms with Gasteiger partial charge in [-0.2, -0.15) is 0 Å². The maximum atomic E-state index is 11.8. The Bertz CT molecular complexity index is 246. The van der Waals surface area contributed by atoms with Gasteiger partial charge >= 0.3 is 5.97 Å². The molecule has 1 atom stereocenters. The Morgan fingerprint density at radius 3 is 2.06 bits per heavy atom. The van der Waals surface area contributed by atoms with Gasteiger partial charge in [-0.05, 0) is 12.3 Å². The van der Waals surface area contributed by atoms with Gasteiger partial charge in [-0.25, -0.2) is 0 Å². The molecule has 0 rings (SSSR count). The van der Waals surface area contributed by atoms with Crippen molar-refractivity contribution in [3.8, 4) is 0 Å². The van der Waals surface area contributed by atoms with E-state index in [-0.39, 0.29) is 11.7 Å². The highest BCUT2D eigenvalue weighted by Crippen LogP contribution is 2.17. The fourth-order valence-electron chi connectivity index (χ4n) is 2.10. The van der Waals surface area contributed by atoms with Crippen LogP contribution in [0.1, 0.15) is 72.1 Å². The lowest BCUT2D eigenvalue weighted by atomic mass is 9.91. The summed E-state index contributed by atoms with van der Waals surface area (Å²) >= 11 is 0. The second-order valence-corrected chi connectivity index (χ2v) is 5.51. The molecule has 0 heterocycles. The van der Waals surface area contributed by atoms with E-state index in [0.717, 1.165) is 19.3 Å². The van der Waals surface area contributed by atoms with Crippen LogP contribution in [0.3, 0.4) is 0 Å². The van der Waals surface area contributed by atoms with Gasteiger partial charge in [0.2, 0.25) is 0 Å². The van der Waals surface area contributed by atoms with Crippen LogP contribution in [0, 0.1) is 11.8 Å². The van der Waals surface area contributed by atoms with Gasteiger partial charge in [0.05, 0.1) is 0 Å². The molecule has 106 valence electrons. The zero-order chi connectivity index (χ0) is 14.0. The van der Waals surface area contributed by atoms with E-state index in [2.05, 4.69) is 6.92 Å². The van der Waals surface area contributed by atoms with Crippen molar-refractivity contribution in [3.05, 3.63) is 0 Å². The average Bonchev–Trinajstić information content (AvgIpc) is 2.26. The maximum absolute atomic E-state index is 11.8. The molecule has 1 unspecified atom stereocenters. The topological polar surface area (TPSA) is 54.4 Å². The number of hydrogen-bond acceptors (Lipinski definition) is 2. The third-order valence-corrected chi connectivity index (χ3v) is 3.14. The molecule has 18 heavy (non-hydrogen) atoms. The fourth-order valence-corrected chi connectivity index (χ4v) is 2.10. The number of hydrogen-bond donors (Lipinski definition) is 1. The first-order chi connectivity index (χ1) is 8.49. The molecule has 0 aliphatic heterocycles. The Hall–Kier alpha value is -0.860. The van der Waals surface area contributed by atoms with E-state index in [0.29, 0.717) is 12.8 Å². The summed E-state index contributed by atoms with van der Waals surface area (Å²) in [4.78, 5) is 22.8. The Balaban J connectivity index is 3.91. The molecule has 0 aliphatic rings. The zero-order valence-corrected chi connectivity index (χ0v) is 12.1. The van der Waals surface area contributed by atoms with Crippen molar-refractivity contribution in [3.63, 3.8) is 0 Å². The first-order valence-electron chi connectivity index (χ1n) is 7.24. The number of aliphatic carboxylic acids is 1. The van der Waals surface area contributed by atoms with E-state index in [4.69, 9.17) is 5.11 Å². The van der Waals surface area contributed by atoms with Crippen LogP contribution in [-0.2, 0) is 9.59 Å². The van der Waals surface area contributed by atoms with Gasteiger partial charge in [0.1, 0.15) is 11.7 Å². The van der Waals surface area contributed by atoms with Crippen LogP contribution in [0.15, 0.2) is 0 Å². The second-order valence-electron chi connectivity index (χ2n) is 5.51. The summed E-state index contributed by atoms with van der Waals surface area (Å²) in [5.74, 6) is -1.59. The van der Waals surface area contributed by atoms with Crippen molar-refractivity contribution in [1.29, 1.82) is 0 Å². The average molecular weight is 256 g/mol. The summed E-state index contributed by atoms with van der Waals surface area (Å²) in [6.07, 6.45) is 7.61. The van der Waals surface area contributed by atoms with Gasteiger partial charge in [0.25, 0.3) is 0 Å². The molecule has 3 heteroatoms. The second kappa shape index (κ2) is 10.1. The van der Waals surface area contributed by atoms with Crippen LogP contribution in [0.25, 0.3) is 0 Å². The maximum Gasteiger partial charge on any atom is 0.314 e. The third kappa shape index (κ3) is 8.26. The van der Waals surface area contributed by atoms with Crippen LogP contribution in [0.2, 0.25) is 0 Å². The molecule has 0 aromatic rings. The predicted octanol–water partition coefficient (Wildman–Crippen LogP) is 4.05. The van der Waals surface area contributed by atoms with E-state index < -0.39 is 11.9 Å². The first kappa shape index (κ1) is 17.1. The van der Waals surface area contributed by atoms with Gasteiger partial charge in [-0.3, -0.25) is 9.59 Å². The molecular formula is C15H28O3. The van der Waals surface area contributed by atoms with Gasteiger partial charge < -0.3 is 5.11 Å². The number of ketones is 1. The highest BCUT2D eigenvalue weighted by Gasteiger charge is 2.25.